The predicted octanol–water partition coefficient (Wildman–Crippen LogP) is 4.62. The molecule has 0 radical (unpaired) electrons. The van der Waals surface area contributed by atoms with Crippen LogP contribution in [0.5, 0.6) is 17.4 Å². The molecule has 9 nitrogen and oxygen atoms in total. The fourth-order valence-corrected chi connectivity index (χ4v) is 4.20. The minimum Gasteiger partial charge on any atom is -0.504 e. The van der Waals surface area contributed by atoms with Gasteiger partial charge in [-0.2, -0.15) is 18.3 Å². The summed E-state index contributed by atoms with van der Waals surface area (Å²) in [4.78, 5) is 15.5. The molecular formula is C25H26F3N3O6. The molecule has 0 bridgehead atoms. The lowest BCUT2D eigenvalue weighted by Crippen LogP contribution is -2.18. The van der Waals surface area contributed by atoms with E-state index in [2.05, 4.69) is 14.8 Å². The smallest absolute Gasteiger partial charge is 0.435 e. The number of carbonyl (C=O) groups is 1. The van der Waals surface area contributed by atoms with Crippen molar-refractivity contribution in [1.82, 2.24) is 14.8 Å². The largest absolute Gasteiger partial charge is 0.504 e. The normalized spacial score (nSPS) is 15.3. The molecule has 2 aromatic heterocycles. The molecule has 1 aromatic carbocycles. The van der Waals surface area contributed by atoms with Crippen LogP contribution >= 0.6 is 0 Å². The van der Waals surface area contributed by atoms with Gasteiger partial charge in [-0.3, -0.25) is 4.79 Å². The number of fused-ring (bicyclic) bond motifs is 1. The van der Waals surface area contributed by atoms with E-state index in [1.165, 1.54) is 42.3 Å². The third-order valence-corrected chi connectivity index (χ3v) is 5.95. The van der Waals surface area contributed by atoms with E-state index in [1.807, 2.05) is 0 Å². The lowest BCUT2D eigenvalue weighted by Gasteiger charge is -2.25. The number of ether oxygens (including phenoxy) is 3. The first-order valence-corrected chi connectivity index (χ1v) is 11.6. The Labute approximate surface area is 210 Å². The predicted molar refractivity (Wildman–Crippen MR) is 123 cm³/mol. The molecule has 0 saturated carbocycles. The highest BCUT2D eigenvalue weighted by Crippen LogP contribution is 2.41. The molecule has 1 atom stereocenters. The van der Waals surface area contributed by atoms with Gasteiger partial charge in [0, 0.05) is 30.9 Å². The molecule has 0 aliphatic heterocycles. The van der Waals surface area contributed by atoms with Gasteiger partial charge in [0.25, 0.3) is 0 Å². The lowest BCUT2D eigenvalue weighted by molar-refractivity contribution is -0.142. The molecular weight excluding hydrogens is 495 g/mol. The Kier molecular flexibility index (Phi) is 7.86. The quantitative estimate of drug-likeness (QED) is 0.238. The molecule has 4 rings (SSSR count). The fraction of sp³-hybridized carbons (Fsp3) is 0.400. The number of hydrogen-bond donors (Lipinski definition) is 2. The van der Waals surface area contributed by atoms with Gasteiger partial charge in [0.15, 0.2) is 17.2 Å². The highest BCUT2D eigenvalue weighted by molar-refractivity contribution is 5.69. The van der Waals surface area contributed by atoms with Crippen LogP contribution in [0.25, 0.3) is 5.69 Å². The molecule has 2 N–H and O–H groups in total. The van der Waals surface area contributed by atoms with E-state index in [0.29, 0.717) is 36.2 Å². The molecule has 12 heteroatoms. The highest BCUT2D eigenvalue weighted by atomic mass is 19.4. The van der Waals surface area contributed by atoms with E-state index in [1.54, 1.807) is 6.07 Å². The summed E-state index contributed by atoms with van der Waals surface area (Å²) in [5.74, 6) is -0.823. The standard InChI is InChI=1S/C25H26F3N3O6/c1-35-22(34)6-3-11-36-20-5-2-4-17-23(20)31(30-24(17)25(26,27)28)16-9-10-29-21(13-16)37-14-15-7-8-18(32)19(33)12-15/h7-10,12-13,20,32-33H,2-6,11,14H2,1H3. The van der Waals surface area contributed by atoms with Crippen molar-refractivity contribution in [1.29, 1.82) is 0 Å². The highest BCUT2D eigenvalue weighted by Gasteiger charge is 2.42. The van der Waals surface area contributed by atoms with Gasteiger partial charge in [-0.1, -0.05) is 6.07 Å². The summed E-state index contributed by atoms with van der Waals surface area (Å²) in [6.07, 6.45) is -2.13. The average Bonchev–Trinajstić information content (AvgIpc) is 3.28. The molecule has 0 saturated heterocycles. The second kappa shape index (κ2) is 11.1. The number of alkyl halides is 3. The summed E-state index contributed by atoms with van der Waals surface area (Å²) in [7, 11) is 1.29. The maximum absolute atomic E-state index is 13.9. The Morgan fingerprint density at radius 3 is 2.73 bits per heavy atom. The zero-order valence-corrected chi connectivity index (χ0v) is 20.0. The summed E-state index contributed by atoms with van der Waals surface area (Å²) in [5.41, 5.74) is 0.325. The molecule has 198 valence electrons. The van der Waals surface area contributed by atoms with Gasteiger partial charge < -0.3 is 24.4 Å². The minimum absolute atomic E-state index is 0.00123. The topological polar surface area (TPSA) is 116 Å². The third kappa shape index (κ3) is 6.13. The fourth-order valence-electron chi connectivity index (χ4n) is 4.20. The Morgan fingerprint density at radius 1 is 1.19 bits per heavy atom. The van der Waals surface area contributed by atoms with Crippen LogP contribution in [0.15, 0.2) is 36.5 Å². The number of benzene rings is 1. The van der Waals surface area contributed by atoms with Crippen LogP contribution < -0.4 is 4.74 Å². The average molecular weight is 521 g/mol. The van der Waals surface area contributed by atoms with E-state index < -0.39 is 18.0 Å². The van der Waals surface area contributed by atoms with Crippen molar-refractivity contribution in [3.8, 4) is 23.1 Å². The third-order valence-electron chi connectivity index (χ3n) is 5.95. The van der Waals surface area contributed by atoms with E-state index in [0.717, 1.165) is 0 Å². The Morgan fingerprint density at radius 2 is 2.00 bits per heavy atom. The molecule has 0 amide bonds. The van der Waals surface area contributed by atoms with E-state index >= 15 is 0 Å². The van der Waals surface area contributed by atoms with Crippen molar-refractivity contribution < 1.29 is 42.4 Å². The maximum atomic E-state index is 13.9. The van der Waals surface area contributed by atoms with Crippen LogP contribution in [-0.2, 0) is 33.5 Å². The molecule has 37 heavy (non-hydrogen) atoms. The van der Waals surface area contributed by atoms with Crippen LogP contribution in [0.3, 0.4) is 0 Å². The number of nitrogens with zero attached hydrogens (tertiary/aromatic N) is 3. The molecule has 1 aliphatic rings. The van der Waals surface area contributed by atoms with Crippen LogP contribution in [0.4, 0.5) is 13.2 Å². The van der Waals surface area contributed by atoms with Gasteiger partial charge in [0.2, 0.25) is 5.88 Å². The first kappa shape index (κ1) is 26.3. The number of aromatic hydroxyl groups is 2. The lowest BCUT2D eigenvalue weighted by atomic mass is 9.93. The molecule has 3 aromatic rings. The number of pyridine rings is 1. The number of carbonyl (C=O) groups excluding carboxylic acids is 1. The Hall–Kier alpha value is -3.80. The van der Waals surface area contributed by atoms with Crippen LogP contribution in [0, 0.1) is 0 Å². The van der Waals surface area contributed by atoms with Crippen LogP contribution in [0.1, 0.15) is 54.3 Å². The van der Waals surface area contributed by atoms with E-state index in [9.17, 15) is 28.2 Å². The first-order chi connectivity index (χ1) is 17.7. The number of halogens is 3. The van der Waals surface area contributed by atoms with Gasteiger partial charge in [-0.15, -0.1) is 0 Å². The summed E-state index contributed by atoms with van der Waals surface area (Å²) in [6.45, 7) is 0.178. The van der Waals surface area contributed by atoms with E-state index in [-0.39, 0.29) is 55.0 Å². The Bertz CT molecular complexity index is 1260. The van der Waals surface area contributed by atoms with Crippen molar-refractivity contribution in [3.05, 3.63) is 59.0 Å². The second-order valence-corrected chi connectivity index (χ2v) is 8.52. The van der Waals surface area contributed by atoms with Crippen LogP contribution in [0.2, 0.25) is 0 Å². The van der Waals surface area contributed by atoms with Crippen molar-refractivity contribution in [2.45, 2.75) is 51.0 Å². The van der Waals surface area contributed by atoms with Crippen molar-refractivity contribution in [2.75, 3.05) is 13.7 Å². The number of hydrogen-bond acceptors (Lipinski definition) is 8. The van der Waals surface area contributed by atoms with Gasteiger partial charge >= 0.3 is 12.1 Å². The number of aromatic nitrogens is 3. The number of esters is 1. The van der Waals surface area contributed by atoms with E-state index in [4.69, 9.17) is 9.47 Å². The molecule has 1 aliphatic carbocycles. The number of rotatable bonds is 9. The molecule has 0 fully saturated rings. The number of phenols is 2. The van der Waals surface area contributed by atoms with Crippen molar-refractivity contribution in [3.63, 3.8) is 0 Å². The van der Waals surface area contributed by atoms with Gasteiger partial charge in [0.1, 0.15) is 6.61 Å². The number of phenolic OH excluding ortho intramolecular Hbond substituents is 2. The zero-order valence-electron chi connectivity index (χ0n) is 20.0. The molecule has 0 spiro atoms. The summed E-state index contributed by atoms with van der Waals surface area (Å²) >= 11 is 0. The zero-order chi connectivity index (χ0) is 26.6. The first-order valence-electron chi connectivity index (χ1n) is 11.6. The molecule has 2 heterocycles. The number of methoxy groups -OCH3 is 1. The van der Waals surface area contributed by atoms with Gasteiger partial charge in [0.05, 0.1) is 24.6 Å². The summed E-state index contributed by atoms with van der Waals surface area (Å²) in [6, 6.07) is 7.20. The second-order valence-electron chi connectivity index (χ2n) is 8.52. The Balaban J connectivity index is 1.60. The van der Waals surface area contributed by atoms with Crippen molar-refractivity contribution in [2.24, 2.45) is 0 Å². The van der Waals surface area contributed by atoms with Crippen LogP contribution in [-0.4, -0.2) is 44.7 Å². The maximum Gasteiger partial charge on any atom is 0.435 e. The van der Waals surface area contributed by atoms with Crippen molar-refractivity contribution >= 4 is 5.97 Å². The summed E-state index contributed by atoms with van der Waals surface area (Å²) < 4.78 is 59.0. The minimum atomic E-state index is -4.64. The monoisotopic (exact) mass is 521 g/mol. The SMILES string of the molecule is COC(=O)CCCOC1CCCc2c(C(F)(F)F)nn(-c3ccnc(OCc4ccc(O)c(O)c4)c3)c21. The summed E-state index contributed by atoms with van der Waals surface area (Å²) in [5, 5.41) is 23.0. The van der Waals surface area contributed by atoms with Gasteiger partial charge in [-0.05, 0) is 49.4 Å². The molecule has 1 unspecified atom stereocenters. The van der Waals surface area contributed by atoms with Gasteiger partial charge in [-0.25, -0.2) is 9.67 Å².